The first-order valence-corrected chi connectivity index (χ1v) is 10.5. The van der Waals surface area contributed by atoms with Gasteiger partial charge < -0.3 is 0 Å². The SMILES string of the molecule is CCCCCC(C)/C(=C\C(=O)CC)CC1=C=CC/C=C(/CCCC)C=N1. The Morgan fingerprint density at radius 2 is 2.00 bits per heavy atom. The zero-order chi connectivity index (χ0) is 19.2. The van der Waals surface area contributed by atoms with E-state index in [4.69, 9.17) is 4.99 Å². The molecule has 0 saturated carbocycles. The first-order valence-electron chi connectivity index (χ1n) is 10.5. The third-order valence-electron chi connectivity index (χ3n) is 4.91. The van der Waals surface area contributed by atoms with E-state index in [9.17, 15) is 4.79 Å². The highest BCUT2D eigenvalue weighted by Crippen LogP contribution is 2.25. The van der Waals surface area contributed by atoms with Crippen molar-refractivity contribution in [3.05, 3.63) is 40.8 Å². The molecule has 0 aromatic carbocycles. The van der Waals surface area contributed by atoms with E-state index < -0.39 is 0 Å². The lowest BCUT2D eigenvalue weighted by molar-refractivity contribution is -0.114. The van der Waals surface area contributed by atoms with Gasteiger partial charge >= 0.3 is 0 Å². The topological polar surface area (TPSA) is 29.4 Å². The fourth-order valence-corrected chi connectivity index (χ4v) is 3.04. The number of carbonyl (C=O) groups is 1. The van der Waals surface area contributed by atoms with Gasteiger partial charge in [0.05, 0.1) is 5.70 Å². The Labute approximate surface area is 160 Å². The second-order valence-electron chi connectivity index (χ2n) is 7.28. The molecule has 0 N–H and O–H groups in total. The zero-order valence-corrected chi connectivity index (χ0v) is 17.3. The summed E-state index contributed by atoms with van der Waals surface area (Å²) in [5.74, 6) is 0.632. The Kier molecular flexibility index (Phi) is 11.6. The largest absolute Gasteiger partial charge is 0.295 e. The fourth-order valence-electron chi connectivity index (χ4n) is 3.04. The number of unbranched alkanes of at least 4 members (excludes halogenated alkanes) is 3. The van der Waals surface area contributed by atoms with E-state index in [2.05, 4.69) is 38.7 Å². The van der Waals surface area contributed by atoms with E-state index in [1.165, 1.54) is 43.3 Å². The number of hydrogen-bond acceptors (Lipinski definition) is 2. The molecule has 26 heavy (non-hydrogen) atoms. The highest BCUT2D eigenvalue weighted by molar-refractivity contribution is 5.90. The van der Waals surface area contributed by atoms with Crippen LogP contribution in [0.4, 0.5) is 0 Å². The van der Waals surface area contributed by atoms with Crippen LogP contribution in [-0.2, 0) is 4.79 Å². The summed E-state index contributed by atoms with van der Waals surface area (Å²) in [7, 11) is 0. The average molecular weight is 356 g/mol. The molecule has 0 fully saturated rings. The lowest BCUT2D eigenvalue weighted by atomic mass is 9.90. The van der Waals surface area contributed by atoms with Crippen LogP contribution >= 0.6 is 0 Å². The Morgan fingerprint density at radius 3 is 2.69 bits per heavy atom. The summed E-state index contributed by atoms with van der Waals surface area (Å²) in [6.45, 7) is 8.61. The van der Waals surface area contributed by atoms with Crippen LogP contribution in [0, 0.1) is 5.92 Å². The van der Waals surface area contributed by atoms with Gasteiger partial charge in [0, 0.05) is 19.1 Å². The Bertz CT molecular complexity index is 585. The first kappa shape index (κ1) is 22.4. The van der Waals surface area contributed by atoms with E-state index in [1.54, 1.807) is 0 Å². The van der Waals surface area contributed by atoms with Crippen molar-refractivity contribution in [3.8, 4) is 0 Å². The van der Waals surface area contributed by atoms with E-state index >= 15 is 0 Å². The van der Waals surface area contributed by atoms with Crippen molar-refractivity contribution < 1.29 is 4.79 Å². The van der Waals surface area contributed by atoms with Crippen LogP contribution in [0.25, 0.3) is 0 Å². The second kappa shape index (κ2) is 13.5. The van der Waals surface area contributed by atoms with E-state index in [-0.39, 0.29) is 5.78 Å². The van der Waals surface area contributed by atoms with Crippen LogP contribution in [-0.4, -0.2) is 12.0 Å². The maximum atomic E-state index is 12.0. The van der Waals surface area contributed by atoms with Crippen LogP contribution in [0.5, 0.6) is 0 Å². The normalized spacial score (nSPS) is 17.9. The van der Waals surface area contributed by atoms with Crippen molar-refractivity contribution >= 4 is 12.0 Å². The van der Waals surface area contributed by atoms with Gasteiger partial charge in [-0.3, -0.25) is 9.79 Å². The van der Waals surface area contributed by atoms with Gasteiger partial charge in [-0.05, 0) is 49.3 Å². The molecule has 0 amide bonds. The minimum atomic E-state index is 0.213. The number of carbonyl (C=O) groups excluding carboxylic acids is 1. The molecule has 1 aliphatic heterocycles. The molecule has 0 aromatic heterocycles. The summed E-state index contributed by atoms with van der Waals surface area (Å²) in [6.07, 6.45) is 18.7. The number of rotatable bonds is 12. The molecule has 1 aliphatic rings. The first-order chi connectivity index (χ1) is 12.6. The van der Waals surface area contributed by atoms with Gasteiger partial charge in [0.25, 0.3) is 0 Å². The number of aliphatic imine (C=N–C) groups is 1. The maximum absolute atomic E-state index is 12.0. The minimum absolute atomic E-state index is 0.213. The predicted octanol–water partition coefficient (Wildman–Crippen LogP) is 7.13. The van der Waals surface area contributed by atoms with Crippen molar-refractivity contribution in [1.82, 2.24) is 0 Å². The quantitative estimate of drug-likeness (QED) is 0.208. The number of ketones is 1. The summed E-state index contributed by atoms with van der Waals surface area (Å²) >= 11 is 0. The summed E-state index contributed by atoms with van der Waals surface area (Å²) in [5.41, 5.74) is 6.81. The van der Waals surface area contributed by atoms with Crippen molar-refractivity contribution in [2.75, 3.05) is 0 Å². The van der Waals surface area contributed by atoms with Gasteiger partial charge in [-0.2, -0.15) is 0 Å². The van der Waals surface area contributed by atoms with Gasteiger partial charge in [-0.25, -0.2) is 0 Å². The molecule has 1 rings (SSSR count). The Balaban J connectivity index is 2.87. The average Bonchev–Trinajstić information content (AvgIpc) is 2.62. The van der Waals surface area contributed by atoms with Crippen molar-refractivity contribution in [2.24, 2.45) is 10.9 Å². The third-order valence-corrected chi connectivity index (χ3v) is 4.91. The van der Waals surface area contributed by atoms with Crippen molar-refractivity contribution in [2.45, 2.75) is 91.9 Å². The highest BCUT2D eigenvalue weighted by atomic mass is 16.1. The molecule has 1 unspecified atom stereocenters. The summed E-state index contributed by atoms with van der Waals surface area (Å²) in [6, 6.07) is 0. The van der Waals surface area contributed by atoms with Crippen LogP contribution in [0.3, 0.4) is 0 Å². The number of hydrogen-bond donors (Lipinski definition) is 0. The van der Waals surface area contributed by atoms with Crippen LogP contribution in [0.15, 0.2) is 45.8 Å². The molecule has 2 nitrogen and oxygen atoms in total. The van der Waals surface area contributed by atoms with E-state index in [0.29, 0.717) is 12.3 Å². The molecule has 1 heterocycles. The number of nitrogens with zero attached hydrogens (tertiary/aromatic N) is 1. The highest BCUT2D eigenvalue weighted by Gasteiger charge is 2.12. The summed E-state index contributed by atoms with van der Waals surface area (Å²) in [4.78, 5) is 16.7. The molecule has 0 radical (unpaired) electrons. The Morgan fingerprint density at radius 1 is 1.23 bits per heavy atom. The second-order valence-corrected chi connectivity index (χ2v) is 7.28. The lowest BCUT2D eigenvalue weighted by Gasteiger charge is -2.16. The molecular formula is C24H37NO. The van der Waals surface area contributed by atoms with Gasteiger partial charge in [0.15, 0.2) is 5.78 Å². The molecule has 0 spiro atoms. The van der Waals surface area contributed by atoms with E-state index in [0.717, 1.165) is 31.4 Å². The molecule has 0 aromatic rings. The molecule has 0 saturated heterocycles. The molecule has 2 heteroatoms. The molecule has 144 valence electrons. The molecule has 0 bridgehead atoms. The van der Waals surface area contributed by atoms with Crippen molar-refractivity contribution in [3.63, 3.8) is 0 Å². The summed E-state index contributed by atoms with van der Waals surface area (Å²) < 4.78 is 0. The van der Waals surface area contributed by atoms with Crippen molar-refractivity contribution in [1.29, 1.82) is 0 Å². The van der Waals surface area contributed by atoms with Gasteiger partial charge in [-0.15, -0.1) is 5.73 Å². The molecule has 0 aliphatic carbocycles. The fraction of sp³-hybridized carbons (Fsp3) is 0.625. The minimum Gasteiger partial charge on any atom is -0.295 e. The van der Waals surface area contributed by atoms with Gasteiger partial charge in [0.1, 0.15) is 0 Å². The predicted molar refractivity (Wildman–Crippen MR) is 114 cm³/mol. The maximum Gasteiger partial charge on any atom is 0.155 e. The smallest absolute Gasteiger partial charge is 0.155 e. The van der Waals surface area contributed by atoms with Gasteiger partial charge in [0.2, 0.25) is 0 Å². The van der Waals surface area contributed by atoms with Gasteiger partial charge in [-0.1, -0.05) is 65.0 Å². The summed E-state index contributed by atoms with van der Waals surface area (Å²) in [5, 5.41) is 0. The van der Waals surface area contributed by atoms with E-state index in [1.807, 2.05) is 19.2 Å². The number of allylic oxidation sites excluding steroid dienone is 4. The Hall–Kier alpha value is -1.66. The third kappa shape index (κ3) is 9.15. The standard InChI is InChI=1S/C24H37NO/c1-5-8-10-13-20(4)22(18-24(26)7-3)17-23-16-12-11-15-21(19-25-23)14-9-6-2/h12,15,18-20H,5-11,13-14,17H2,1-4H3/b21-15-,22-18-,25-19?. The molecule has 1 atom stereocenters. The van der Waals surface area contributed by atoms with Crippen LogP contribution in [0.1, 0.15) is 91.9 Å². The zero-order valence-electron chi connectivity index (χ0n) is 17.3. The van der Waals surface area contributed by atoms with Crippen LogP contribution < -0.4 is 0 Å². The molecular weight excluding hydrogens is 318 g/mol. The lowest BCUT2D eigenvalue weighted by Crippen LogP contribution is -2.04. The van der Waals surface area contributed by atoms with Crippen LogP contribution in [0.2, 0.25) is 0 Å². The monoisotopic (exact) mass is 355 g/mol.